The molecule has 0 aromatic carbocycles. The molecule has 2 bridgehead atoms. The number of amides is 1. The number of nitrogens with one attached hydrogen (secondary N) is 1. The monoisotopic (exact) mass is 265 g/mol. The SMILES string of the molecule is CC1OCCC1NC(=O)C1C2C=CC(C2)C1C(=O)O. The summed E-state index contributed by atoms with van der Waals surface area (Å²) < 4.78 is 5.42. The lowest BCUT2D eigenvalue weighted by Crippen LogP contribution is -2.46. The molecule has 0 spiro atoms. The number of allylic oxidation sites excluding steroid dienone is 2. The van der Waals surface area contributed by atoms with Crippen LogP contribution >= 0.6 is 0 Å². The van der Waals surface area contributed by atoms with E-state index in [4.69, 9.17) is 4.74 Å². The topological polar surface area (TPSA) is 75.6 Å². The predicted octanol–water partition coefficient (Wildman–Crippen LogP) is 0.803. The number of ether oxygens (including phenoxy) is 1. The lowest BCUT2D eigenvalue weighted by atomic mass is 9.82. The summed E-state index contributed by atoms with van der Waals surface area (Å²) in [5.74, 6) is -1.84. The molecule has 2 N–H and O–H groups in total. The van der Waals surface area contributed by atoms with E-state index in [1.807, 2.05) is 19.1 Å². The Bertz CT molecular complexity index is 433. The lowest BCUT2D eigenvalue weighted by molar-refractivity contribution is -0.148. The summed E-state index contributed by atoms with van der Waals surface area (Å²) in [6.07, 6.45) is 5.58. The van der Waals surface area contributed by atoms with Crippen molar-refractivity contribution in [3.8, 4) is 0 Å². The van der Waals surface area contributed by atoms with Gasteiger partial charge in [0, 0.05) is 6.61 Å². The number of carboxylic acid groups (broad SMARTS) is 1. The van der Waals surface area contributed by atoms with E-state index in [9.17, 15) is 14.7 Å². The second kappa shape index (κ2) is 4.63. The molecule has 2 aliphatic carbocycles. The molecule has 0 aromatic rings. The van der Waals surface area contributed by atoms with Gasteiger partial charge in [0.1, 0.15) is 0 Å². The van der Waals surface area contributed by atoms with Gasteiger partial charge in [-0.3, -0.25) is 9.59 Å². The van der Waals surface area contributed by atoms with Crippen molar-refractivity contribution in [1.29, 1.82) is 0 Å². The van der Waals surface area contributed by atoms with Crippen molar-refractivity contribution >= 4 is 11.9 Å². The van der Waals surface area contributed by atoms with E-state index in [-0.39, 0.29) is 29.9 Å². The third-order valence-electron chi connectivity index (χ3n) is 4.75. The molecule has 19 heavy (non-hydrogen) atoms. The summed E-state index contributed by atoms with van der Waals surface area (Å²) in [6, 6.07) is 0.0186. The second-order valence-corrected chi connectivity index (χ2v) is 5.82. The highest BCUT2D eigenvalue weighted by atomic mass is 16.5. The molecule has 6 unspecified atom stereocenters. The second-order valence-electron chi connectivity index (χ2n) is 5.82. The molecule has 1 heterocycles. The zero-order valence-electron chi connectivity index (χ0n) is 10.9. The molecular formula is C14H19NO4. The number of rotatable bonds is 3. The van der Waals surface area contributed by atoms with Crippen molar-refractivity contribution in [1.82, 2.24) is 5.32 Å². The number of carboxylic acids is 1. The highest BCUT2D eigenvalue weighted by Crippen LogP contribution is 2.48. The molecule has 0 radical (unpaired) electrons. The minimum atomic E-state index is -0.854. The fourth-order valence-electron chi connectivity index (χ4n) is 3.72. The van der Waals surface area contributed by atoms with Crippen LogP contribution in [-0.2, 0) is 14.3 Å². The fraction of sp³-hybridized carbons (Fsp3) is 0.714. The number of hydrogen-bond acceptors (Lipinski definition) is 3. The molecule has 1 saturated carbocycles. The number of carbonyl (C=O) groups is 2. The fourth-order valence-corrected chi connectivity index (χ4v) is 3.72. The van der Waals surface area contributed by atoms with Crippen LogP contribution in [0.5, 0.6) is 0 Å². The van der Waals surface area contributed by atoms with E-state index in [1.165, 1.54) is 0 Å². The van der Waals surface area contributed by atoms with E-state index in [0.29, 0.717) is 6.61 Å². The molecule has 104 valence electrons. The highest BCUT2D eigenvalue weighted by Gasteiger charge is 2.52. The van der Waals surface area contributed by atoms with Gasteiger partial charge in [0.25, 0.3) is 0 Å². The Labute approximate surface area is 112 Å². The van der Waals surface area contributed by atoms with E-state index < -0.39 is 17.8 Å². The van der Waals surface area contributed by atoms with Gasteiger partial charge in [-0.15, -0.1) is 0 Å². The summed E-state index contributed by atoms with van der Waals surface area (Å²) in [6.45, 7) is 2.60. The van der Waals surface area contributed by atoms with Crippen LogP contribution in [0.4, 0.5) is 0 Å². The number of carbonyl (C=O) groups excluding carboxylic acids is 1. The van der Waals surface area contributed by atoms with Crippen molar-refractivity contribution in [3.05, 3.63) is 12.2 Å². The third kappa shape index (κ3) is 2.06. The summed E-state index contributed by atoms with van der Waals surface area (Å²) in [7, 11) is 0. The van der Waals surface area contributed by atoms with Gasteiger partial charge in [0.15, 0.2) is 0 Å². The van der Waals surface area contributed by atoms with Crippen LogP contribution < -0.4 is 5.32 Å². The molecule has 1 aliphatic heterocycles. The van der Waals surface area contributed by atoms with Gasteiger partial charge in [-0.05, 0) is 31.6 Å². The zero-order chi connectivity index (χ0) is 13.6. The van der Waals surface area contributed by atoms with Crippen LogP contribution in [0.25, 0.3) is 0 Å². The third-order valence-corrected chi connectivity index (χ3v) is 4.75. The van der Waals surface area contributed by atoms with Crippen molar-refractivity contribution in [3.63, 3.8) is 0 Å². The van der Waals surface area contributed by atoms with Gasteiger partial charge < -0.3 is 15.2 Å². The average molecular weight is 265 g/mol. The maximum atomic E-state index is 12.4. The Balaban J connectivity index is 1.72. The quantitative estimate of drug-likeness (QED) is 0.740. The zero-order valence-corrected chi connectivity index (χ0v) is 10.9. The normalized spacial score (nSPS) is 43.6. The first-order valence-corrected chi connectivity index (χ1v) is 6.91. The van der Waals surface area contributed by atoms with Gasteiger partial charge in [-0.2, -0.15) is 0 Å². The number of aliphatic carboxylic acids is 1. The Morgan fingerprint density at radius 2 is 1.95 bits per heavy atom. The first-order valence-electron chi connectivity index (χ1n) is 6.91. The standard InChI is InChI=1S/C14H19NO4/c1-7-10(4-5-19-7)15-13(16)11-8-2-3-9(6-8)12(11)14(17)18/h2-3,7-12H,4-6H2,1H3,(H,15,16)(H,17,18). The number of hydrogen-bond donors (Lipinski definition) is 2. The first-order chi connectivity index (χ1) is 9.08. The molecule has 1 saturated heterocycles. The minimum absolute atomic E-state index is 0.0151. The lowest BCUT2D eigenvalue weighted by Gasteiger charge is -2.26. The van der Waals surface area contributed by atoms with Gasteiger partial charge in [-0.1, -0.05) is 12.2 Å². The van der Waals surface area contributed by atoms with Crippen LogP contribution in [0.15, 0.2) is 12.2 Å². The maximum absolute atomic E-state index is 12.4. The van der Waals surface area contributed by atoms with E-state index in [0.717, 1.165) is 12.8 Å². The Kier molecular flexibility index (Phi) is 3.09. The minimum Gasteiger partial charge on any atom is -0.481 e. The molecule has 3 rings (SSSR count). The Morgan fingerprint density at radius 1 is 1.26 bits per heavy atom. The van der Waals surface area contributed by atoms with E-state index >= 15 is 0 Å². The Hall–Kier alpha value is -1.36. The van der Waals surface area contributed by atoms with Gasteiger partial charge in [0.05, 0.1) is 24.0 Å². The van der Waals surface area contributed by atoms with Crippen LogP contribution in [-0.4, -0.2) is 35.7 Å². The highest BCUT2D eigenvalue weighted by molar-refractivity contribution is 5.87. The van der Waals surface area contributed by atoms with Crippen molar-refractivity contribution < 1.29 is 19.4 Å². The molecule has 1 amide bonds. The first kappa shape index (κ1) is 12.7. The van der Waals surface area contributed by atoms with Gasteiger partial charge >= 0.3 is 5.97 Å². The van der Waals surface area contributed by atoms with Crippen molar-refractivity contribution in [2.45, 2.75) is 31.9 Å². The van der Waals surface area contributed by atoms with Gasteiger partial charge in [0.2, 0.25) is 5.91 Å². The molecule has 3 aliphatic rings. The van der Waals surface area contributed by atoms with E-state index in [1.54, 1.807) is 0 Å². The summed E-state index contributed by atoms with van der Waals surface area (Å²) >= 11 is 0. The predicted molar refractivity (Wildman–Crippen MR) is 67.3 cm³/mol. The summed E-state index contributed by atoms with van der Waals surface area (Å²) in [4.78, 5) is 23.8. The largest absolute Gasteiger partial charge is 0.481 e. The molecule has 2 fully saturated rings. The molecular weight excluding hydrogens is 246 g/mol. The maximum Gasteiger partial charge on any atom is 0.307 e. The molecule has 5 heteroatoms. The van der Waals surface area contributed by atoms with Gasteiger partial charge in [-0.25, -0.2) is 0 Å². The van der Waals surface area contributed by atoms with Crippen LogP contribution in [0, 0.1) is 23.7 Å². The van der Waals surface area contributed by atoms with Crippen LogP contribution in [0.2, 0.25) is 0 Å². The molecule has 5 nitrogen and oxygen atoms in total. The van der Waals surface area contributed by atoms with Crippen molar-refractivity contribution in [2.75, 3.05) is 6.61 Å². The van der Waals surface area contributed by atoms with Crippen LogP contribution in [0.3, 0.4) is 0 Å². The molecule has 6 atom stereocenters. The smallest absolute Gasteiger partial charge is 0.307 e. The summed E-state index contributed by atoms with van der Waals surface area (Å²) in [5.41, 5.74) is 0. The van der Waals surface area contributed by atoms with Crippen LogP contribution in [0.1, 0.15) is 19.8 Å². The average Bonchev–Trinajstić information content (AvgIpc) is 3.04. The van der Waals surface area contributed by atoms with E-state index in [2.05, 4.69) is 5.32 Å². The summed E-state index contributed by atoms with van der Waals surface area (Å²) in [5, 5.41) is 12.3. The Morgan fingerprint density at radius 3 is 2.53 bits per heavy atom. The van der Waals surface area contributed by atoms with Crippen molar-refractivity contribution in [2.24, 2.45) is 23.7 Å². The molecule has 0 aromatic heterocycles. The number of fused-ring (bicyclic) bond motifs is 2.